The summed E-state index contributed by atoms with van der Waals surface area (Å²) >= 11 is 0. The first kappa shape index (κ1) is 15.7. The molecule has 0 spiro atoms. The van der Waals surface area contributed by atoms with Gasteiger partial charge in [0.05, 0.1) is 18.0 Å². The highest BCUT2D eigenvalue weighted by Gasteiger charge is 2.10. The number of nitrogens with two attached hydrogens (primary N) is 1. The standard InChI is InChI=1S/C17H21N3O2/c1-3-22-17(21)20-16-10-9-13(11-15(16)18)12(2)19-14-7-5-4-6-8-14/h4-12,19H,3,18H2,1-2H3,(H,20,21). The zero-order valence-corrected chi connectivity index (χ0v) is 12.8. The Morgan fingerprint density at radius 1 is 1.23 bits per heavy atom. The third-order valence-corrected chi connectivity index (χ3v) is 3.24. The lowest BCUT2D eigenvalue weighted by Gasteiger charge is -2.17. The van der Waals surface area contributed by atoms with E-state index in [0.29, 0.717) is 18.0 Å². The van der Waals surface area contributed by atoms with Crippen LogP contribution in [0.2, 0.25) is 0 Å². The number of ether oxygens (including phenoxy) is 1. The molecule has 2 rings (SSSR count). The number of nitrogen functional groups attached to an aromatic ring is 1. The van der Waals surface area contributed by atoms with E-state index in [2.05, 4.69) is 17.6 Å². The van der Waals surface area contributed by atoms with E-state index in [-0.39, 0.29) is 6.04 Å². The molecule has 4 N–H and O–H groups in total. The van der Waals surface area contributed by atoms with Crippen molar-refractivity contribution in [1.29, 1.82) is 0 Å². The molecule has 0 aliphatic rings. The summed E-state index contributed by atoms with van der Waals surface area (Å²) in [5.74, 6) is 0. The number of carbonyl (C=O) groups excluding carboxylic acids is 1. The number of carbonyl (C=O) groups is 1. The zero-order valence-electron chi connectivity index (χ0n) is 12.8. The quantitative estimate of drug-likeness (QED) is 0.729. The Kier molecular flexibility index (Phi) is 5.25. The zero-order chi connectivity index (χ0) is 15.9. The average molecular weight is 299 g/mol. The highest BCUT2D eigenvalue weighted by Crippen LogP contribution is 2.25. The van der Waals surface area contributed by atoms with Gasteiger partial charge in [-0.25, -0.2) is 4.79 Å². The van der Waals surface area contributed by atoms with Crippen LogP contribution in [0, 0.1) is 0 Å². The number of rotatable bonds is 5. The minimum Gasteiger partial charge on any atom is -0.450 e. The van der Waals surface area contributed by atoms with Crippen molar-refractivity contribution >= 4 is 23.2 Å². The second-order valence-corrected chi connectivity index (χ2v) is 4.92. The molecule has 5 heteroatoms. The Hall–Kier alpha value is -2.69. The number of hydrogen-bond acceptors (Lipinski definition) is 4. The molecule has 1 unspecified atom stereocenters. The summed E-state index contributed by atoms with van der Waals surface area (Å²) in [6.45, 7) is 4.13. The highest BCUT2D eigenvalue weighted by atomic mass is 16.5. The van der Waals surface area contributed by atoms with Gasteiger partial charge in [0.1, 0.15) is 0 Å². The second kappa shape index (κ2) is 7.36. The van der Waals surface area contributed by atoms with Crippen LogP contribution >= 0.6 is 0 Å². The molecule has 0 aliphatic heterocycles. The fourth-order valence-corrected chi connectivity index (χ4v) is 2.11. The lowest BCUT2D eigenvalue weighted by Crippen LogP contribution is -2.15. The van der Waals surface area contributed by atoms with E-state index >= 15 is 0 Å². The summed E-state index contributed by atoms with van der Waals surface area (Å²) in [5, 5.41) is 6.02. The van der Waals surface area contributed by atoms with Crippen LogP contribution in [-0.2, 0) is 4.74 Å². The minimum atomic E-state index is -0.502. The van der Waals surface area contributed by atoms with Crippen molar-refractivity contribution < 1.29 is 9.53 Å². The fraction of sp³-hybridized carbons (Fsp3) is 0.235. The van der Waals surface area contributed by atoms with E-state index in [9.17, 15) is 4.79 Å². The summed E-state index contributed by atoms with van der Waals surface area (Å²) in [6.07, 6.45) is -0.502. The Labute approximate surface area is 130 Å². The number of nitrogens with one attached hydrogen (secondary N) is 2. The van der Waals surface area contributed by atoms with Crippen molar-refractivity contribution in [2.75, 3.05) is 23.0 Å². The van der Waals surface area contributed by atoms with Crippen LogP contribution in [0.1, 0.15) is 25.5 Å². The molecule has 2 aromatic carbocycles. The molecular weight excluding hydrogens is 278 g/mol. The molecule has 116 valence electrons. The monoisotopic (exact) mass is 299 g/mol. The molecule has 0 aliphatic carbocycles. The maximum absolute atomic E-state index is 11.4. The van der Waals surface area contributed by atoms with Gasteiger partial charge >= 0.3 is 6.09 Å². The van der Waals surface area contributed by atoms with E-state index in [0.717, 1.165) is 11.3 Å². The minimum absolute atomic E-state index is 0.0985. The van der Waals surface area contributed by atoms with Crippen molar-refractivity contribution in [1.82, 2.24) is 0 Å². The van der Waals surface area contributed by atoms with Crippen molar-refractivity contribution in [3.63, 3.8) is 0 Å². The molecule has 0 fully saturated rings. The first-order chi connectivity index (χ1) is 10.6. The third-order valence-electron chi connectivity index (χ3n) is 3.24. The van der Waals surface area contributed by atoms with Gasteiger partial charge in [-0.3, -0.25) is 5.32 Å². The van der Waals surface area contributed by atoms with E-state index in [4.69, 9.17) is 10.5 Å². The van der Waals surface area contributed by atoms with Gasteiger partial charge in [0.2, 0.25) is 0 Å². The Morgan fingerprint density at radius 3 is 2.59 bits per heavy atom. The SMILES string of the molecule is CCOC(=O)Nc1ccc(C(C)Nc2ccccc2)cc1N. The maximum atomic E-state index is 11.4. The van der Waals surface area contributed by atoms with E-state index in [1.54, 1.807) is 13.0 Å². The summed E-state index contributed by atoms with van der Waals surface area (Å²) in [6, 6.07) is 15.6. The van der Waals surface area contributed by atoms with Crippen molar-refractivity contribution in [2.45, 2.75) is 19.9 Å². The third kappa shape index (κ3) is 4.15. The van der Waals surface area contributed by atoms with Gasteiger partial charge in [0.15, 0.2) is 0 Å². The van der Waals surface area contributed by atoms with Gasteiger partial charge in [-0.2, -0.15) is 0 Å². The van der Waals surface area contributed by atoms with Crippen molar-refractivity contribution in [2.24, 2.45) is 0 Å². The predicted molar refractivity (Wildman–Crippen MR) is 90.0 cm³/mol. The maximum Gasteiger partial charge on any atom is 0.411 e. The Balaban J connectivity index is 2.06. The molecule has 0 aromatic heterocycles. The van der Waals surface area contributed by atoms with Crippen LogP contribution < -0.4 is 16.4 Å². The fourth-order valence-electron chi connectivity index (χ4n) is 2.11. The van der Waals surface area contributed by atoms with Crippen LogP contribution in [-0.4, -0.2) is 12.7 Å². The van der Waals surface area contributed by atoms with Gasteiger partial charge in [-0.05, 0) is 43.7 Å². The van der Waals surface area contributed by atoms with Crippen LogP contribution in [0.3, 0.4) is 0 Å². The molecule has 1 atom stereocenters. The molecule has 22 heavy (non-hydrogen) atoms. The topological polar surface area (TPSA) is 76.4 Å². The van der Waals surface area contributed by atoms with Crippen LogP contribution in [0.15, 0.2) is 48.5 Å². The van der Waals surface area contributed by atoms with Gasteiger partial charge in [-0.1, -0.05) is 24.3 Å². The average Bonchev–Trinajstić information content (AvgIpc) is 2.50. The number of benzene rings is 2. The first-order valence-electron chi connectivity index (χ1n) is 7.25. The molecule has 0 heterocycles. The summed E-state index contributed by atoms with van der Waals surface area (Å²) in [5.41, 5.74) is 9.14. The Morgan fingerprint density at radius 2 is 1.95 bits per heavy atom. The summed E-state index contributed by atoms with van der Waals surface area (Å²) < 4.78 is 4.84. The molecular formula is C17H21N3O2. The van der Waals surface area contributed by atoms with Crippen LogP contribution in [0.25, 0.3) is 0 Å². The Bertz CT molecular complexity index is 629. The first-order valence-corrected chi connectivity index (χ1v) is 7.25. The second-order valence-electron chi connectivity index (χ2n) is 4.92. The van der Waals surface area contributed by atoms with Gasteiger partial charge in [0, 0.05) is 11.7 Å². The predicted octanol–water partition coefficient (Wildman–Crippen LogP) is 4.01. The summed E-state index contributed by atoms with van der Waals surface area (Å²) in [4.78, 5) is 11.4. The van der Waals surface area contributed by atoms with E-state index < -0.39 is 6.09 Å². The normalized spacial score (nSPS) is 11.5. The van der Waals surface area contributed by atoms with Gasteiger partial charge in [-0.15, -0.1) is 0 Å². The molecule has 5 nitrogen and oxygen atoms in total. The number of para-hydroxylation sites is 1. The van der Waals surface area contributed by atoms with Crippen molar-refractivity contribution in [3.8, 4) is 0 Å². The lowest BCUT2D eigenvalue weighted by molar-refractivity contribution is 0.168. The molecule has 2 aromatic rings. The lowest BCUT2D eigenvalue weighted by atomic mass is 10.1. The smallest absolute Gasteiger partial charge is 0.411 e. The van der Waals surface area contributed by atoms with Crippen molar-refractivity contribution in [3.05, 3.63) is 54.1 Å². The van der Waals surface area contributed by atoms with Crippen LogP contribution in [0.4, 0.5) is 21.9 Å². The van der Waals surface area contributed by atoms with Gasteiger partial charge < -0.3 is 15.8 Å². The number of anilines is 3. The van der Waals surface area contributed by atoms with Crippen LogP contribution in [0.5, 0.6) is 0 Å². The highest BCUT2D eigenvalue weighted by molar-refractivity contribution is 5.89. The number of amides is 1. The molecule has 0 radical (unpaired) electrons. The molecule has 0 saturated carbocycles. The van der Waals surface area contributed by atoms with E-state index in [1.807, 2.05) is 42.5 Å². The molecule has 1 amide bonds. The summed E-state index contributed by atoms with van der Waals surface area (Å²) in [7, 11) is 0. The molecule has 0 saturated heterocycles. The molecule has 0 bridgehead atoms. The van der Waals surface area contributed by atoms with Gasteiger partial charge in [0.25, 0.3) is 0 Å². The number of hydrogen-bond donors (Lipinski definition) is 3. The largest absolute Gasteiger partial charge is 0.450 e. The van der Waals surface area contributed by atoms with E-state index in [1.165, 1.54) is 0 Å².